The Kier molecular flexibility index (Phi) is 2.75. The van der Waals surface area contributed by atoms with Gasteiger partial charge in [0.05, 0.1) is 5.56 Å². The van der Waals surface area contributed by atoms with Gasteiger partial charge in [-0.2, -0.15) is 0 Å². The topological polar surface area (TPSA) is 83.6 Å². The summed E-state index contributed by atoms with van der Waals surface area (Å²) < 4.78 is 0. The molecule has 1 atom stereocenters. The molecular formula is C12H14N2O3. The second-order valence-corrected chi connectivity index (χ2v) is 4.17. The Labute approximate surface area is 98.8 Å². The minimum Gasteiger partial charge on any atom is -0.478 e. The van der Waals surface area contributed by atoms with Crippen LogP contribution >= 0.6 is 0 Å². The van der Waals surface area contributed by atoms with E-state index in [9.17, 15) is 9.59 Å². The summed E-state index contributed by atoms with van der Waals surface area (Å²) in [6, 6.07) is 4.58. The van der Waals surface area contributed by atoms with Crippen LogP contribution in [0.2, 0.25) is 0 Å². The van der Waals surface area contributed by atoms with Crippen LogP contribution in [0.15, 0.2) is 18.2 Å². The number of carbonyl (C=O) groups is 2. The van der Waals surface area contributed by atoms with E-state index in [4.69, 9.17) is 10.8 Å². The molecule has 0 saturated heterocycles. The van der Waals surface area contributed by atoms with Gasteiger partial charge in [-0.3, -0.25) is 4.79 Å². The summed E-state index contributed by atoms with van der Waals surface area (Å²) in [4.78, 5) is 23.9. The third kappa shape index (κ3) is 1.95. The van der Waals surface area contributed by atoms with Gasteiger partial charge in [0.2, 0.25) is 5.91 Å². The first-order valence-corrected chi connectivity index (χ1v) is 5.43. The van der Waals surface area contributed by atoms with E-state index in [2.05, 4.69) is 0 Å². The first-order valence-electron chi connectivity index (χ1n) is 5.43. The molecule has 5 nitrogen and oxygen atoms in total. The van der Waals surface area contributed by atoms with Crippen molar-refractivity contribution in [1.29, 1.82) is 0 Å². The van der Waals surface area contributed by atoms with Gasteiger partial charge in [0.1, 0.15) is 6.04 Å². The summed E-state index contributed by atoms with van der Waals surface area (Å²) in [7, 11) is 0. The molecule has 17 heavy (non-hydrogen) atoms. The molecule has 90 valence electrons. The van der Waals surface area contributed by atoms with Crippen molar-refractivity contribution in [3.8, 4) is 0 Å². The largest absolute Gasteiger partial charge is 0.478 e. The van der Waals surface area contributed by atoms with Crippen LogP contribution in [-0.4, -0.2) is 29.6 Å². The normalized spacial score (nSPS) is 15.5. The molecule has 1 unspecified atom stereocenters. The fourth-order valence-electron chi connectivity index (χ4n) is 2.12. The number of hydrogen-bond acceptors (Lipinski definition) is 3. The second-order valence-electron chi connectivity index (χ2n) is 4.17. The third-order valence-electron chi connectivity index (χ3n) is 3.14. The molecule has 1 amide bonds. The fourth-order valence-corrected chi connectivity index (χ4v) is 2.12. The van der Waals surface area contributed by atoms with Crippen molar-refractivity contribution < 1.29 is 14.7 Å². The first kappa shape index (κ1) is 11.4. The maximum atomic E-state index is 11.2. The summed E-state index contributed by atoms with van der Waals surface area (Å²) in [6.45, 7) is 2.45. The number of amides is 1. The van der Waals surface area contributed by atoms with Crippen molar-refractivity contribution >= 4 is 17.6 Å². The van der Waals surface area contributed by atoms with Gasteiger partial charge in [-0.25, -0.2) is 4.79 Å². The third-order valence-corrected chi connectivity index (χ3v) is 3.14. The Morgan fingerprint density at radius 1 is 1.47 bits per heavy atom. The average Bonchev–Trinajstić information content (AvgIpc) is 2.70. The number of carbonyl (C=O) groups excluding carboxylic acids is 1. The molecule has 1 aromatic carbocycles. The Bertz CT molecular complexity index is 485. The van der Waals surface area contributed by atoms with Crippen LogP contribution in [0.25, 0.3) is 0 Å². The molecule has 0 spiro atoms. The number of rotatable bonds is 3. The van der Waals surface area contributed by atoms with Gasteiger partial charge in [0.15, 0.2) is 0 Å². The lowest BCUT2D eigenvalue weighted by Gasteiger charge is -2.24. The van der Waals surface area contributed by atoms with Crippen LogP contribution in [0.3, 0.4) is 0 Å². The summed E-state index contributed by atoms with van der Waals surface area (Å²) >= 11 is 0. The summed E-state index contributed by atoms with van der Waals surface area (Å²) in [5, 5.41) is 8.89. The predicted octanol–water partition coefficient (Wildman–Crippen LogP) is 0.621. The minimum atomic E-state index is -0.936. The number of anilines is 1. The van der Waals surface area contributed by atoms with E-state index >= 15 is 0 Å². The molecule has 1 aromatic rings. The van der Waals surface area contributed by atoms with Crippen LogP contribution in [0.4, 0.5) is 5.69 Å². The number of carboxylic acids is 1. The maximum Gasteiger partial charge on any atom is 0.335 e. The zero-order valence-electron chi connectivity index (χ0n) is 9.51. The molecule has 1 heterocycles. The van der Waals surface area contributed by atoms with E-state index < -0.39 is 5.97 Å². The highest BCUT2D eigenvalue weighted by Gasteiger charge is 2.26. The highest BCUT2D eigenvalue weighted by atomic mass is 16.4. The van der Waals surface area contributed by atoms with Crippen LogP contribution in [0.5, 0.6) is 0 Å². The van der Waals surface area contributed by atoms with Crippen molar-refractivity contribution in [3.05, 3.63) is 29.3 Å². The molecule has 3 N–H and O–H groups in total. The molecular weight excluding hydrogens is 220 g/mol. The number of nitrogens with two attached hydrogens (primary N) is 1. The highest BCUT2D eigenvalue weighted by Crippen LogP contribution is 2.30. The van der Waals surface area contributed by atoms with Gasteiger partial charge in [-0.1, -0.05) is 0 Å². The Morgan fingerprint density at radius 2 is 2.18 bits per heavy atom. The number of nitrogens with zero attached hydrogens (tertiary/aromatic N) is 1. The van der Waals surface area contributed by atoms with Gasteiger partial charge < -0.3 is 15.7 Å². The number of primary amides is 1. The van der Waals surface area contributed by atoms with Gasteiger partial charge in [-0.05, 0) is 37.1 Å². The monoisotopic (exact) mass is 234 g/mol. The Balaban J connectivity index is 2.34. The molecule has 5 heteroatoms. The lowest BCUT2D eigenvalue weighted by Crippen LogP contribution is -2.41. The first-order chi connectivity index (χ1) is 8.00. The standard InChI is InChI=1S/C12H14N2O3/c1-7(11(13)15)14-5-4-8-6-9(12(16)17)2-3-10(8)14/h2-3,6-7H,4-5H2,1H3,(H2,13,15)(H,16,17). The van der Waals surface area contributed by atoms with E-state index in [1.807, 2.05) is 4.90 Å². The smallest absolute Gasteiger partial charge is 0.335 e. The van der Waals surface area contributed by atoms with Crippen LogP contribution in [-0.2, 0) is 11.2 Å². The maximum absolute atomic E-state index is 11.2. The SMILES string of the molecule is CC(C(N)=O)N1CCc2cc(C(=O)O)ccc21. The molecule has 0 saturated carbocycles. The summed E-state index contributed by atoms with van der Waals surface area (Å²) in [6.07, 6.45) is 0.744. The number of benzene rings is 1. The van der Waals surface area contributed by atoms with Gasteiger partial charge >= 0.3 is 5.97 Å². The van der Waals surface area contributed by atoms with Crippen LogP contribution in [0.1, 0.15) is 22.8 Å². The molecule has 0 fully saturated rings. The fraction of sp³-hybridized carbons (Fsp3) is 0.333. The molecule has 0 radical (unpaired) electrons. The molecule has 0 aliphatic carbocycles. The highest BCUT2D eigenvalue weighted by molar-refractivity contribution is 5.89. The molecule has 2 rings (SSSR count). The van der Waals surface area contributed by atoms with E-state index in [-0.39, 0.29) is 17.5 Å². The van der Waals surface area contributed by atoms with Crippen molar-refractivity contribution in [2.24, 2.45) is 5.73 Å². The summed E-state index contributed by atoms with van der Waals surface area (Å²) in [5.74, 6) is -1.31. The van der Waals surface area contributed by atoms with Gasteiger partial charge in [0, 0.05) is 12.2 Å². The number of aromatic carboxylic acids is 1. The predicted molar refractivity (Wildman–Crippen MR) is 63.1 cm³/mol. The van der Waals surface area contributed by atoms with Crippen LogP contribution in [0, 0.1) is 0 Å². The van der Waals surface area contributed by atoms with Crippen molar-refractivity contribution in [3.63, 3.8) is 0 Å². The lowest BCUT2D eigenvalue weighted by atomic mass is 10.1. The Hall–Kier alpha value is -2.04. The zero-order chi connectivity index (χ0) is 12.6. The number of carboxylic acid groups (broad SMARTS) is 1. The molecule has 0 bridgehead atoms. The van der Waals surface area contributed by atoms with E-state index in [0.29, 0.717) is 6.54 Å². The van der Waals surface area contributed by atoms with E-state index in [1.165, 1.54) is 0 Å². The molecule has 1 aliphatic heterocycles. The van der Waals surface area contributed by atoms with E-state index in [0.717, 1.165) is 17.7 Å². The average molecular weight is 234 g/mol. The van der Waals surface area contributed by atoms with Gasteiger partial charge in [0.25, 0.3) is 0 Å². The summed E-state index contributed by atoms with van der Waals surface area (Å²) in [5.41, 5.74) is 7.41. The number of fused-ring (bicyclic) bond motifs is 1. The zero-order valence-corrected chi connectivity index (χ0v) is 9.51. The molecule has 1 aliphatic rings. The van der Waals surface area contributed by atoms with Crippen molar-refractivity contribution in [2.45, 2.75) is 19.4 Å². The quantitative estimate of drug-likeness (QED) is 0.803. The van der Waals surface area contributed by atoms with E-state index in [1.54, 1.807) is 25.1 Å². The second kappa shape index (κ2) is 4.08. The molecule has 0 aromatic heterocycles. The van der Waals surface area contributed by atoms with Crippen LogP contribution < -0.4 is 10.6 Å². The van der Waals surface area contributed by atoms with Crippen molar-refractivity contribution in [1.82, 2.24) is 0 Å². The van der Waals surface area contributed by atoms with Crippen molar-refractivity contribution in [2.75, 3.05) is 11.4 Å². The number of hydrogen-bond donors (Lipinski definition) is 2. The Morgan fingerprint density at radius 3 is 2.76 bits per heavy atom. The van der Waals surface area contributed by atoms with Gasteiger partial charge in [-0.15, -0.1) is 0 Å². The lowest BCUT2D eigenvalue weighted by molar-refractivity contribution is -0.118. The minimum absolute atomic E-state index is 0.275.